The van der Waals surface area contributed by atoms with Crippen LogP contribution in [0.2, 0.25) is 0 Å². The molecule has 0 bridgehead atoms. The number of thioether (sulfide) groups is 1. The van der Waals surface area contributed by atoms with Crippen molar-refractivity contribution < 1.29 is 5.11 Å². The van der Waals surface area contributed by atoms with Gasteiger partial charge in [0, 0.05) is 17.8 Å². The van der Waals surface area contributed by atoms with E-state index in [0.29, 0.717) is 12.0 Å². The summed E-state index contributed by atoms with van der Waals surface area (Å²) in [5.41, 5.74) is 0. The highest BCUT2D eigenvalue weighted by Gasteiger charge is 2.30. The molecule has 2 fully saturated rings. The molecule has 0 aromatic heterocycles. The SMILES string of the molecule is CC1SCCCC1NCC(O)C1CC1. The van der Waals surface area contributed by atoms with E-state index in [2.05, 4.69) is 24.0 Å². The molecule has 0 aromatic rings. The predicted molar refractivity (Wildman–Crippen MR) is 61.7 cm³/mol. The highest BCUT2D eigenvalue weighted by atomic mass is 32.2. The Labute approximate surface area is 90.8 Å². The van der Waals surface area contributed by atoms with Crippen LogP contribution in [0.3, 0.4) is 0 Å². The van der Waals surface area contributed by atoms with Crippen molar-refractivity contribution in [3.63, 3.8) is 0 Å². The lowest BCUT2D eigenvalue weighted by atomic mass is 10.1. The summed E-state index contributed by atoms with van der Waals surface area (Å²) in [6, 6.07) is 0.627. The van der Waals surface area contributed by atoms with Gasteiger partial charge in [-0.15, -0.1) is 0 Å². The Balaban J connectivity index is 1.67. The third kappa shape index (κ3) is 2.88. The van der Waals surface area contributed by atoms with E-state index < -0.39 is 0 Å². The van der Waals surface area contributed by atoms with Gasteiger partial charge in [0.2, 0.25) is 0 Å². The maximum Gasteiger partial charge on any atom is 0.0692 e. The van der Waals surface area contributed by atoms with Gasteiger partial charge < -0.3 is 10.4 Å². The predicted octanol–water partition coefficient (Wildman–Crippen LogP) is 1.63. The summed E-state index contributed by atoms with van der Waals surface area (Å²) >= 11 is 2.06. The zero-order valence-corrected chi connectivity index (χ0v) is 9.72. The molecule has 14 heavy (non-hydrogen) atoms. The molecule has 1 aliphatic carbocycles. The largest absolute Gasteiger partial charge is 0.392 e. The minimum Gasteiger partial charge on any atom is -0.392 e. The molecule has 0 radical (unpaired) electrons. The second-order valence-electron chi connectivity index (χ2n) is 4.64. The first-order chi connectivity index (χ1) is 6.77. The van der Waals surface area contributed by atoms with Crippen molar-refractivity contribution in [2.24, 2.45) is 5.92 Å². The van der Waals surface area contributed by atoms with E-state index in [-0.39, 0.29) is 6.10 Å². The average molecular weight is 215 g/mol. The summed E-state index contributed by atoms with van der Waals surface area (Å²) < 4.78 is 0. The fourth-order valence-corrected chi connectivity index (χ4v) is 3.28. The zero-order valence-electron chi connectivity index (χ0n) is 8.91. The van der Waals surface area contributed by atoms with Crippen LogP contribution < -0.4 is 5.32 Å². The summed E-state index contributed by atoms with van der Waals surface area (Å²) in [5, 5.41) is 14.0. The monoisotopic (exact) mass is 215 g/mol. The fraction of sp³-hybridized carbons (Fsp3) is 1.00. The van der Waals surface area contributed by atoms with Crippen LogP contribution in [-0.4, -0.2) is 34.8 Å². The Kier molecular flexibility index (Phi) is 3.74. The van der Waals surface area contributed by atoms with Gasteiger partial charge in [-0.3, -0.25) is 0 Å². The van der Waals surface area contributed by atoms with Gasteiger partial charge in [0.15, 0.2) is 0 Å². The molecule has 1 saturated heterocycles. The molecule has 0 amide bonds. The van der Waals surface area contributed by atoms with E-state index in [1.54, 1.807) is 0 Å². The van der Waals surface area contributed by atoms with Crippen LogP contribution in [-0.2, 0) is 0 Å². The molecule has 2 rings (SSSR count). The Hall–Kier alpha value is 0.270. The van der Waals surface area contributed by atoms with Gasteiger partial charge >= 0.3 is 0 Å². The van der Waals surface area contributed by atoms with E-state index in [1.165, 1.54) is 31.4 Å². The van der Waals surface area contributed by atoms with E-state index in [0.717, 1.165) is 11.8 Å². The Morgan fingerprint density at radius 3 is 2.86 bits per heavy atom. The second kappa shape index (κ2) is 4.86. The quantitative estimate of drug-likeness (QED) is 0.747. The lowest BCUT2D eigenvalue weighted by molar-refractivity contribution is 0.143. The maximum atomic E-state index is 9.74. The van der Waals surface area contributed by atoms with Crippen LogP contribution in [0.1, 0.15) is 32.6 Å². The Bertz CT molecular complexity index is 184. The van der Waals surface area contributed by atoms with Crippen LogP contribution in [0.5, 0.6) is 0 Å². The first-order valence-electron chi connectivity index (χ1n) is 5.80. The van der Waals surface area contributed by atoms with E-state index in [4.69, 9.17) is 0 Å². The Morgan fingerprint density at radius 2 is 2.21 bits per heavy atom. The first kappa shape index (κ1) is 10.8. The molecule has 2 aliphatic rings. The molecule has 2 nitrogen and oxygen atoms in total. The molecule has 3 heteroatoms. The molecule has 3 atom stereocenters. The third-order valence-corrected chi connectivity index (χ3v) is 4.74. The number of aliphatic hydroxyl groups is 1. The number of nitrogens with one attached hydrogen (secondary N) is 1. The summed E-state index contributed by atoms with van der Waals surface area (Å²) in [4.78, 5) is 0. The van der Waals surface area contributed by atoms with Crippen molar-refractivity contribution in [3.05, 3.63) is 0 Å². The van der Waals surface area contributed by atoms with Crippen LogP contribution in [0, 0.1) is 5.92 Å². The van der Waals surface area contributed by atoms with Gasteiger partial charge in [-0.05, 0) is 37.4 Å². The summed E-state index contributed by atoms with van der Waals surface area (Å²) in [6.45, 7) is 3.10. The number of hydrogen-bond donors (Lipinski definition) is 2. The molecule has 0 spiro atoms. The minimum atomic E-state index is -0.0888. The lowest BCUT2D eigenvalue weighted by Gasteiger charge is -2.30. The zero-order chi connectivity index (χ0) is 9.97. The standard InChI is InChI=1S/C11H21NOS/c1-8-10(3-2-6-14-8)12-7-11(13)9-4-5-9/h8-13H,2-7H2,1H3. The molecular formula is C11H21NOS. The van der Waals surface area contributed by atoms with Crippen molar-refractivity contribution in [2.75, 3.05) is 12.3 Å². The topological polar surface area (TPSA) is 32.3 Å². The van der Waals surface area contributed by atoms with Gasteiger partial charge in [0.05, 0.1) is 6.10 Å². The summed E-state index contributed by atoms with van der Waals surface area (Å²) in [5.74, 6) is 1.92. The normalized spacial score (nSPS) is 35.6. The number of aliphatic hydroxyl groups excluding tert-OH is 1. The van der Waals surface area contributed by atoms with Crippen molar-refractivity contribution in [1.82, 2.24) is 5.32 Å². The fourth-order valence-electron chi connectivity index (χ4n) is 2.11. The van der Waals surface area contributed by atoms with Crippen LogP contribution in [0.25, 0.3) is 0 Å². The van der Waals surface area contributed by atoms with Crippen LogP contribution >= 0.6 is 11.8 Å². The van der Waals surface area contributed by atoms with Crippen LogP contribution in [0.4, 0.5) is 0 Å². The lowest BCUT2D eigenvalue weighted by Crippen LogP contribution is -2.43. The van der Waals surface area contributed by atoms with Crippen molar-refractivity contribution in [3.8, 4) is 0 Å². The molecule has 82 valence electrons. The third-order valence-electron chi connectivity index (χ3n) is 3.36. The van der Waals surface area contributed by atoms with E-state index in [9.17, 15) is 5.11 Å². The first-order valence-corrected chi connectivity index (χ1v) is 6.85. The van der Waals surface area contributed by atoms with Gasteiger partial charge in [-0.25, -0.2) is 0 Å². The molecule has 0 aromatic carbocycles. The molecule has 1 aliphatic heterocycles. The summed E-state index contributed by atoms with van der Waals surface area (Å²) in [7, 11) is 0. The highest BCUT2D eigenvalue weighted by molar-refractivity contribution is 7.99. The molecule has 3 unspecified atom stereocenters. The van der Waals surface area contributed by atoms with Gasteiger partial charge in [0.25, 0.3) is 0 Å². The number of hydrogen-bond acceptors (Lipinski definition) is 3. The minimum absolute atomic E-state index is 0.0888. The van der Waals surface area contributed by atoms with Gasteiger partial charge in [-0.2, -0.15) is 11.8 Å². The second-order valence-corrected chi connectivity index (χ2v) is 6.12. The van der Waals surface area contributed by atoms with Crippen molar-refractivity contribution >= 4 is 11.8 Å². The van der Waals surface area contributed by atoms with Gasteiger partial charge in [0.1, 0.15) is 0 Å². The molecule has 1 heterocycles. The van der Waals surface area contributed by atoms with E-state index >= 15 is 0 Å². The maximum absolute atomic E-state index is 9.74. The van der Waals surface area contributed by atoms with Crippen molar-refractivity contribution in [1.29, 1.82) is 0 Å². The van der Waals surface area contributed by atoms with Crippen LogP contribution in [0.15, 0.2) is 0 Å². The molecule has 2 N–H and O–H groups in total. The van der Waals surface area contributed by atoms with Gasteiger partial charge in [-0.1, -0.05) is 6.92 Å². The summed E-state index contributed by atoms with van der Waals surface area (Å²) in [6.07, 6.45) is 4.99. The van der Waals surface area contributed by atoms with E-state index in [1.807, 2.05) is 0 Å². The Morgan fingerprint density at radius 1 is 1.43 bits per heavy atom. The highest BCUT2D eigenvalue weighted by Crippen LogP contribution is 2.32. The average Bonchev–Trinajstić information content (AvgIpc) is 2.99. The molecular weight excluding hydrogens is 194 g/mol. The smallest absolute Gasteiger partial charge is 0.0692 e. The van der Waals surface area contributed by atoms with Crippen molar-refractivity contribution in [2.45, 2.75) is 50.0 Å². The number of rotatable bonds is 4. The molecule has 1 saturated carbocycles.